The number of nitrogens with one attached hydrogen (secondary N) is 1. The molecule has 0 aliphatic rings. The zero-order valence-electron chi connectivity index (χ0n) is 11.8. The van der Waals surface area contributed by atoms with Gasteiger partial charge in [0.05, 0.1) is 16.7 Å². The second-order valence-electron chi connectivity index (χ2n) is 4.67. The maximum atomic E-state index is 13.8. The molecule has 0 fully saturated rings. The summed E-state index contributed by atoms with van der Waals surface area (Å²) in [5.74, 6) is -1.99. The summed E-state index contributed by atoms with van der Waals surface area (Å²) < 4.78 is 28.5. The van der Waals surface area contributed by atoms with Gasteiger partial charge in [-0.3, -0.25) is 14.8 Å². The highest BCUT2D eigenvalue weighted by molar-refractivity contribution is 5.62. The van der Waals surface area contributed by atoms with Gasteiger partial charge in [0.2, 0.25) is 0 Å². The monoisotopic (exact) mass is 296 g/mol. The number of hydrogen-bond donors (Lipinski definition) is 1. The Hall–Kier alpha value is -2.51. The number of aryl methyl sites for hydroxylation is 2. The lowest BCUT2D eigenvalue weighted by Crippen LogP contribution is -2.07. The molecule has 0 saturated carbocycles. The highest BCUT2D eigenvalue weighted by Crippen LogP contribution is 2.29. The Morgan fingerprint density at radius 3 is 2.57 bits per heavy atom. The third-order valence-corrected chi connectivity index (χ3v) is 3.33. The topological polar surface area (TPSA) is 73.0 Å². The van der Waals surface area contributed by atoms with E-state index < -0.39 is 22.2 Å². The van der Waals surface area contributed by atoms with E-state index >= 15 is 0 Å². The first-order valence-electron chi connectivity index (χ1n) is 6.17. The number of nitro groups is 1. The zero-order chi connectivity index (χ0) is 15.7. The minimum absolute atomic E-state index is 0.162. The molecular formula is C13H14F2N4O2. The van der Waals surface area contributed by atoms with Crippen LogP contribution in [0.2, 0.25) is 0 Å². The van der Waals surface area contributed by atoms with Crippen LogP contribution < -0.4 is 5.32 Å². The second-order valence-corrected chi connectivity index (χ2v) is 4.67. The van der Waals surface area contributed by atoms with E-state index in [-0.39, 0.29) is 12.2 Å². The van der Waals surface area contributed by atoms with Gasteiger partial charge >= 0.3 is 0 Å². The van der Waals surface area contributed by atoms with Gasteiger partial charge in [-0.05, 0) is 13.8 Å². The fraction of sp³-hybridized carbons (Fsp3) is 0.308. The molecule has 1 aromatic carbocycles. The molecule has 0 amide bonds. The molecule has 1 N–H and O–H groups in total. The van der Waals surface area contributed by atoms with Gasteiger partial charge in [0.15, 0.2) is 5.82 Å². The number of nitrogens with zero attached hydrogens (tertiary/aromatic N) is 3. The first kappa shape index (κ1) is 14.9. The number of benzene rings is 1. The summed E-state index contributed by atoms with van der Waals surface area (Å²) >= 11 is 0. The summed E-state index contributed by atoms with van der Waals surface area (Å²) in [4.78, 5) is 10.1. The molecule has 0 unspecified atom stereocenters. The maximum absolute atomic E-state index is 13.8. The number of hydrogen-bond acceptors (Lipinski definition) is 4. The average molecular weight is 296 g/mol. The molecular weight excluding hydrogens is 282 g/mol. The lowest BCUT2D eigenvalue weighted by atomic mass is 10.2. The van der Waals surface area contributed by atoms with Crippen molar-refractivity contribution in [1.82, 2.24) is 9.78 Å². The highest BCUT2D eigenvalue weighted by Gasteiger charge is 2.21. The van der Waals surface area contributed by atoms with E-state index in [0.717, 1.165) is 17.0 Å². The number of anilines is 1. The Labute approximate surface area is 119 Å². The van der Waals surface area contributed by atoms with Crippen molar-refractivity contribution >= 4 is 11.4 Å². The van der Waals surface area contributed by atoms with E-state index in [1.807, 2.05) is 6.92 Å². The summed E-state index contributed by atoms with van der Waals surface area (Å²) in [6.45, 7) is 3.79. The zero-order valence-corrected chi connectivity index (χ0v) is 11.8. The second kappa shape index (κ2) is 5.47. The van der Waals surface area contributed by atoms with Crippen molar-refractivity contribution in [3.63, 3.8) is 0 Å². The van der Waals surface area contributed by atoms with Crippen molar-refractivity contribution in [1.29, 1.82) is 0 Å². The van der Waals surface area contributed by atoms with E-state index in [1.54, 1.807) is 18.7 Å². The Bertz CT molecular complexity index is 713. The van der Waals surface area contributed by atoms with Crippen molar-refractivity contribution in [2.75, 3.05) is 5.32 Å². The highest BCUT2D eigenvalue weighted by atomic mass is 19.1. The summed E-state index contributed by atoms with van der Waals surface area (Å²) in [5.41, 5.74) is 1.46. The first-order chi connectivity index (χ1) is 9.81. The molecule has 21 heavy (non-hydrogen) atoms. The summed E-state index contributed by atoms with van der Waals surface area (Å²) in [5, 5.41) is 17.8. The van der Waals surface area contributed by atoms with Gasteiger partial charge in [0.1, 0.15) is 11.5 Å². The molecule has 0 atom stereocenters. The van der Waals surface area contributed by atoms with Crippen LogP contribution in [0, 0.1) is 35.6 Å². The quantitative estimate of drug-likeness (QED) is 0.695. The fourth-order valence-corrected chi connectivity index (χ4v) is 2.13. The Kier molecular flexibility index (Phi) is 3.88. The van der Waals surface area contributed by atoms with Gasteiger partial charge in [0.25, 0.3) is 5.69 Å². The molecule has 8 heteroatoms. The SMILES string of the molecule is Cc1nn(C)c(C)c1CNc1c(F)cc(F)cc1[N+](=O)[O-]. The predicted molar refractivity (Wildman–Crippen MR) is 73.0 cm³/mol. The predicted octanol–water partition coefficient (Wildman–Crippen LogP) is 2.84. The van der Waals surface area contributed by atoms with E-state index in [2.05, 4.69) is 10.4 Å². The Balaban J connectivity index is 2.34. The third-order valence-electron chi connectivity index (χ3n) is 3.33. The van der Waals surface area contributed by atoms with Crippen LogP contribution in [0.15, 0.2) is 12.1 Å². The first-order valence-corrected chi connectivity index (χ1v) is 6.17. The molecule has 1 heterocycles. The summed E-state index contributed by atoms with van der Waals surface area (Å²) in [6.07, 6.45) is 0. The van der Waals surface area contributed by atoms with E-state index in [0.29, 0.717) is 12.1 Å². The molecule has 0 bridgehead atoms. The van der Waals surface area contributed by atoms with Gasteiger partial charge in [-0.2, -0.15) is 5.10 Å². The third kappa shape index (κ3) is 2.83. The molecule has 0 spiro atoms. The largest absolute Gasteiger partial charge is 0.373 e. The summed E-state index contributed by atoms with van der Waals surface area (Å²) in [6, 6.07) is 1.30. The van der Waals surface area contributed by atoms with Crippen LogP contribution >= 0.6 is 0 Å². The van der Waals surface area contributed by atoms with Crippen molar-refractivity contribution in [3.05, 3.63) is 50.8 Å². The minimum atomic E-state index is -0.999. The van der Waals surface area contributed by atoms with Crippen LogP contribution in [0.25, 0.3) is 0 Å². The smallest absolute Gasteiger partial charge is 0.298 e. The molecule has 112 valence electrons. The molecule has 1 aromatic heterocycles. The van der Waals surface area contributed by atoms with E-state index in [4.69, 9.17) is 0 Å². The van der Waals surface area contributed by atoms with Crippen LogP contribution in [-0.2, 0) is 13.6 Å². The number of halogens is 2. The molecule has 0 aliphatic carbocycles. The lowest BCUT2D eigenvalue weighted by Gasteiger charge is -2.09. The van der Waals surface area contributed by atoms with Crippen molar-refractivity contribution in [3.8, 4) is 0 Å². The molecule has 0 aliphatic heterocycles. The standard InChI is InChI=1S/C13H14F2N4O2/c1-7-10(8(2)18(3)17-7)6-16-13-11(15)4-9(14)5-12(13)19(20)21/h4-5,16H,6H2,1-3H3. The van der Waals surface area contributed by atoms with Crippen LogP contribution in [0.1, 0.15) is 17.0 Å². The summed E-state index contributed by atoms with van der Waals surface area (Å²) in [7, 11) is 1.77. The van der Waals surface area contributed by atoms with Gasteiger partial charge in [0, 0.05) is 30.9 Å². The fourth-order valence-electron chi connectivity index (χ4n) is 2.13. The molecule has 2 rings (SSSR count). The van der Waals surface area contributed by atoms with E-state index in [9.17, 15) is 18.9 Å². The van der Waals surface area contributed by atoms with Crippen LogP contribution in [0.4, 0.5) is 20.2 Å². The van der Waals surface area contributed by atoms with Gasteiger partial charge in [-0.1, -0.05) is 0 Å². The Morgan fingerprint density at radius 2 is 2.05 bits per heavy atom. The number of aromatic nitrogens is 2. The van der Waals surface area contributed by atoms with Crippen LogP contribution in [-0.4, -0.2) is 14.7 Å². The lowest BCUT2D eigenvalue weighted by molar-refractivity contribution is -0.384. The molecule has 6 nitrogen and oxygen atoms in total. The van der Waals surface area contributed by atoms with Crippen LogP contribution in [0.3, 0.4) is 0 Å². The van der Waals surface area contributed by atoms with Crippen molar-refractivity contribution in [2.45, 2.75) is 20.4 Å². The molecule has 0 radical (unpaired) electrons. The average Bonchev–Trinajstić information content (AvgIpc) is 2.62. The molecule has 0 saturated heterocycles. The molecule has 2 aromatic rings. The van der Waals surface area contributed by atoms with Crippen LogP contribution in [0.5, 0.6) is 0 Å². The van der Waals surface area contributed by atoms with Crippen molar-refractivity contribution < 1.29 is 13.7 Å². The maximum Gasteiger partial charge on any atom is 0.298 e. The van der Waals surface area contributed by atoms with E-state index in [1.165, 1.54) is 0 Å². The Morgan fingerprint density at radius 1 is 1.38 bits per heavy atom. The normalized spacial score (nSPS) is 10.7. The minimum Gasteiger partial charge on any atom is -0.373 e. The van der Waals surface area contributed by atoms with Crippen molar-refractivity contribution in [2.24, 2.45) is 7.05 Å². The van der Waals surface area contributed by atoms with Gasteiger partial charge in [-0.25, -0.2) is 8.78 Å². The van der Waals surface area contributed by atoms with Gasteiger partial charge in [-0.15, -0.1) is 0 Å². The van der Waals surface area contributed by atoms with Gasteiger partial charge < -0.3 is 5.32 Å². The number of nitro benzene ring substituents is 1. The number of rotatable bonds is 4.